The average molecular weight is 423 g/mol. The quantitative estimate of drug-likeness (QED) is 0.656. The van der Waals surface area contributed by atoms with E-state index in [-0.39, 0.29) is 24.0 Å². The maximum absolute atomic E-state index is 12.6. The minimum Gasteiger partial charge on any atom is -0.352 e. The zero-order valence-electron chi connectivity index (χ0n) is 16.6. The monoisotopic (exact) mass is 423 g/mol. The molecule has 1 aromatic carbocycles. The van der Waals surface area contributed by atoms with E-state index in [1.807, 2.05) is 20.0 Å². The molecule has 1 atom stereocenters. The third-order valence-corrected chi connectivity index (χ3v) is 6.29. The number of nitrogens with one attached hydrogen (secondary N) is 2. The van der Waals surface area contributed by atoms with Crippen molar-refractivity contribution >= 4 is 34.1 Å². The molecule has 2 amide bonds. The Morgan fingerprint density at radius 2 is 2.00 bits per heavy atom. The van der Waals surface area contributed by atoms with Crippen molar-refractivity contribution in [2.75, 3.05) is 5.32 Å². The number of anilines is 1. The number of aromatic nitrogens is 3. The molecule has 0 saturated heterocycles. The van der Waals surface area contributed by atoms with Crippen molar-refractivity contribution < 1.29 is 14.4 Å². The topological polar surface area (TPSA) is 106 Å². The van der Waals surface area contributed by atoms with E-state index in [9.17, 15) is 14.4 Å². The lowest BCUT2D eigenvalue weighted by Gasteiger charge is -2.19. The van der Waals surface area contributed by atoms with Gasteiger partial charge in [-0.25, -0.2) is 4.98 Å². The number of ketones is 1. The number of hydrogen-bond acceptors (Lipinski definition) is 6. The number of carbonyl (C=O) groups excluding carboxylic acids is 3. The molecule has 2 heterocycles. The molecule has 0 radical (unpaired) electrons. The highest BCUT2D eigenvalue weighted by molar-refractivity contribution is 7.17. The number of amides is 2. The molecular weight excluding hydrogens is 402 g/mol. The van der Waals surface area contributed by atoms with E-state index in [1.54, 1.807) is 35.1 Å². The molecule has 3 aromatic rings. The predicted octanol–water partition coefficient (Wildman–Crippen LogP) is 2.50. The lowest BCUT2D eigenvalue weighted by atomic mass is 9.89. The van der Waals surface area contributed by atoms with Gasteiger partial charge in [-0.05, 0) is 19.1 Å². The zero-order chi connectivity index (χ0) is 21.3. The van der Waals surface area contributed by atoms with Crippen molar-refractivity contribution in [1.82, 2.24) is 20.1 Å². The van der Waals surface area contributed by atoms with Crippen LogP contribution in [0, 0.1) is 12.8 Å². The van der Waals surface area contributed by atoms with Crippen LogP contribution < -0.4 is 10.6 Å². The normalized spacial score (nSPS) is 15.5. The number of benzene rings is 1. The average Bonchev–Trinajstić information content (AvgIpc) is 3.30. The molecule has 0 aliphatic heterocycles. The summed E-state index contributed by atoms with van der Waals surface area (Å²) in [6.45, 7) is 2.30. The van der Waals surface area contributed by atoms with E-state index in [1.165, 1.54) is 0 Å². The standard InChI is InChI=1S/C21H21N5O3S/c1-12-15(11-23-26(12)2)10-22-19(28)14-8-16-18(17(27)9-14)30-21(24-16)25-20(29)13-6-4-3-5-7-13/h3-7,11,14H,8-10H2,1-2H3,(H,22,28)(H,24,25,29)/t14-/m1/s1. The Kier molecular flexibility index (Phi) is 5.45. The van der Waals surface area contributed by atoms with Crippen LogP contribution in [0.3, 0.4) is 0 Å². The first-order chi connectivity index (χ1) is 14.4. The minimum atomic E-state index is -0.471. The van der Waals surface area contributed by atoms with Crippen molar-refractivity contribution in [2.45, 2.75) is 26.3 Å². The van der Waals surface area contributed by atoms with Crippen molar-refractivity contribution in [3.8, 4) is 0 Å². The maximum atomic E-state index is 12.6. The fourth-order valence-corrected chi connectivity index (χ4v) is 4.31. The van der Waals surface area contributed by atoms with Crippen LogP contribution >= 0.6 is 11.3 Å². The Morgan fingerprint density at radius 1 is 1.23 bits per heavy atom. The van der Waals surface area contributed by atoms with E-state index < -0.39 is 5.92 Å². The molecular formula is C21H21N5O3S. The van der Waals surface area contributed by atoms with Gasteiger partial charge in [-0.15, -0.1) is 0 Å². The summed E-state index contributed by atoms with van der Waals surface area (Å²) >= 11 is 1.16. The summed E-state index contributed by atoms with van der Waals surface area (Å²) < 4.78 is 1.75. The first-order valence-electron chi connectivity index (χ1n) is 9.57. The number of Topliss-reactive ketones (excluding diaryl/α,β-unsaturated/α-hetero) is 1. The van der Waals surface area contributed by atoms with Crippen LogP contribution in [-0.2, 0) is 24.8 Å². The van der Waals surface area contributed by atoms with E-state index in [0.29, 0.717) is 34.2 Å². The molecule has 4 rings (SSSR count). The molecule has 0 fully saturated rings. The van der Waals surface area contributed by atoms with Gasteiger partial charge in [-0.1, -0.05) is 29.5 Å². The molecule has 0 spiro atoms. The summed E-state index contributed by atoms with van der Waals surface area (Å²) in [5.74, 6) is -1.05. The van der Waals surface area contributed by atoms with Crippen LogP contribution in [0.25, 0.3) is 0 Å². The summed E-state index contributed by atoms with van der Waals surface area (Å²) in [7, 11) is 1.85. The Bertz CT molecular complexity index is 1120. The third kappa shape index (κ3) is 4.02. The predicted molar refractivity (Wildman–Crippen MR) is 112 cm³/mol. The summed E-state index contributed by atoms with van der Waals surface area (Å²) in [5.41, 5.74) is 3.00. The number of hydrogen-bond donors (Lipinski definition) is 2. The van der Waals surface area contributed by atoms with E-state index in [2.05, 4.69) is 20.7 Å². The first-order valence-corrected chi connectivity index (χ1v) is 10.4. The van der Waals surface area contributed by atoms with Gasteiger partial charge in [0.25, 0.3) is 5.91 Å². The highest BCUT2D eigenvalue weighted by Gasteiger charge is 2.33. The number of fused-ring (bicyclic) bond motifs is 1. The van der Waals surface area contributed by atoms with Gasteiger partial charge in [0.2, 0.25) is 5.91 Å². The van der Waals surface area contributed by atoms with Crippen LogP contribution in [0.4, 0.5) is 5.13 Å². The molecule has 30 heavy (non-hydrogen) atoms. The van der Waals surface area contributed by atoms with Crippen LogP contribution in [-0.4, -0.2) is 32.4 Å². The molecule has 0 unspecified atom stereocenters. The van der Waals surface area contributed by atoms with Gasteiger partial charge in [0.15, 0.2) is 10.9 Å². The summed E-state index contributed by atoms with van der Waals surface area (Å²) in [5, 5.41) is 10.2. The van der Waals surface area contributed by atoms with Crippen molar-refractivity contribution in [2.24, 2.45) is 13.0 Å². The van der Waals surface area contributed by atoms with Gasteiger partial charge in [0.1, 0.15) is 0 Å². The summed E-state index contributed by atoms with van der Waals surface area (Å²) in [4.78, 5) is 42.5. The maximum Gasteiger partial charge on any atom is 0.257 e. The highest BCUT2D eigenvalue weighted by Crippen LogP contribution is 2.32. The number of rotatable bonds is 5. The van der Waals surface area contributed by atoms with Gasteiger partial charge in [-0.2, -0.15) is 5.10 Å². The van der Waals surface area contributed by atoms with Crippen molar-refractivity contribution in [1.29, 1.82) is 0 Å². The van der Waals surface area contributed by atoms with Gasteiger partial charge >= 0.3 is 0 Å². The van der Waals surface area contributed by atoms with Gasteiger partial charge < -0.3 is 5.32 Å². The molecule has 154 valence electrons. The Balaban J connectivity index is 1.42. The number of carbonyl (C=O) groups is 3. The Labute approximate surface area is 177 Å². The second-order valence-electron chi connectivity index (χ2n) is 7.24. The molecule has 8 nitrogen and oxygen atoms in total. The van der Waals surface area contributed by atoms with E-state index in [4.69, 9.17) is 0 Å². The second kappa shape index (κ2) is 8.19. The molecule has 2 N–H and O–H groups in total. The Morgan fingerprint density at radius 3 is 2.70 bits per heavy atom. The molecule has 0 saturated carbocycles. The minimum absolute atomic E-state index is 0.119. The van der Waals surface area contributed by atoms with E-state index >= 15 is 0 Å². The van der Waals surface area contributed by atoms with Crippen molar-refractivity contribution in [3.63, 3.8) is 0 Å². The van der Waals surface area contributed by atoms with Crippen LogP contribution in [0.1, 0.15) is 43.4 Å². The first kappa shape index (κ1) is 20.0. The lowest BCUT2D eigenvalue weighted by Crippen LogP contribution is -2.35. The van der Waals surface area contributed by atoms with E-state index in [0.717, 1.165) is 22.6 Å². The fourth-order valence-electron chi connectivity index (χ4n) is 3.37. The third-order valence-electron chi connectivity index (χ3n) is 5.24. The molecule has 9 heteroatoms. The summed E-state index contributed by atoms with van der Waals surface area (Å²) in [6, 6.07) is 8.80. The fraction of sp³-hybridized carbons (Fsp3) is 0.286. The Hall–Kier alpha value is -3.33. The SMILES string of the molecule is Cc1c(CNC(=O)[C@H]2CC(=O)c3sc(NC(=O)c4ccccc4)nc3C2)cnn1C. The van der Waals surface area contributed by atoms with Crippen LogP contribution in [0.5, 0.6) is 0 Å². The van der Waals surface area contributed by atoms with Crippen molar-refractivity contribution in [3.05, 3.63) is 63.9 Å². The lowest BCUT2D eigenvalue weighted by molar-refractivity contribution is -0.125. The number of thiazole rings is 1. The molecule has 0 bridgehead atoms. The smallest absolute Gasteiger partial charge is 0.257 e. The highest BCUT2D eigenvalue weighted by atomic mass is 32.1. The molecule has 2 aromatic heterocycles. The molecule has 1 aliphatic carbocycles. The van der Waals surface area contributed by atoms with Crippen LogP contribution in [0.2, 0.25) is 0 Å². The largest absolute Gasteiger partial charge is 0.352 e. The van der Waals surface area contributed by atoms with Gasteiger partial charge in [-0.3, -0.25) is 24.4 Å². The van der Waals surface area contributed by atoms with Gasteiger partial charge in [0.05, 0.1) is 22.7 Å². The van der Waals surface area contributed by atoms with Crippen LogP contribution in [0.15, 0.2) is 36.5 Å². The number of nitrogens with zero attached hydrogens (tertiary/aromatic N) is 3. The summed E-state index contributed by atoms with van der Waals surface area (Å²) in [6.07, 6.45) is 2.23. The zero-order valence-corrected chi connectivity index (χ0v) is 17.5. The van der Waals surface area contributed by atoms with Gasteiger partial charge in [0, 0.05) is 43.3 Å². The second-order valence-corrected chi connectivity index (χ2v) is 8.24. The molecule has 1 aliphatic rings. The number of aryl methyl sites for hydroxylation is 1.